The van der Waals surface area contributed by atoms with Crippen molar-refractivity contribution in [1.82, 2.24) is 9.97 Å². The highest BCUT2D eigenvalue weighted by molar-refractivity contribution is 9.10. The molecule has 0 saturated carbocycles. The number of aromatic amines is 1. The second-order valence-electron chi connectivity index (χ2n) is 6.99. The van der Waals surface area contributed by atoms with Gasteiger partial charge in [0.1, 0.15) is 5.58 Å². The Balaban J connectivity index is 1.98. The zero-order valence-electron chi connectivity index (χ0n) is 15.1. The maximum absolute atomic E-state index is 13.1. The SMILES string of the molecule is O=c1oc2ccccc2c2[nH]c3c(ccc4ccnc43)c(-c3ccccc3Br)c12. The lowest BCUT2D eigenvalue weighted by molar-refractivity contribution is 0.569. The summed E-state index contributed by atoms with van der Waals surface area (Å²) in [5.74, 6) is 0. The number of nitrogens with zero attached hydrogens (tertiary/aromatic N) is 1. The van der Waals surface area contributed by atoms with E-state index in [-0.39, 0.29) is 5.63 Å². The predicted molar refractivity (Wildman–Crippen MR) is 120 cm³/mol. The number of nitrogens with one attached hydrogen (secondary N) is 1. The third-order valence-electron chi connectivity index (χ3n) is 5.39. The van der Waals surface area contributed by atoms with E-state index in [1.165, 1.54) is 0 Å². The van der Waals surface area contributed by atoms with Crippen molar-refractivity contribution in [3.8, 4) is 11.1 Å². The lowest BCUT2D eigenvalue weighted by atomic mass is 9.95. The van der Waals surface area contributed by atoms with Gasteiger partial charge in [-0.25, -0.2) is 4.79 Å². The van der Waals surface area contributed by atoms with E-state index in [1.54, 1.807) is 6.20 Å². The van der Waals surface area contributed by atoms with Crippen LogP contribution >= 0.6 is 15.9 Å². The molecule has 0 fully saturated rings. The third-order valence-corrected chi connectivity index (χ3v) is 6.08. The topological polar surface area (TPSA) is 58.9 Å². The first kappa shape index (κ1) is 16.5. The largest absolute Gasteiger partial charge is 0.422 e. The van der Waals surface area contributed by atoms with Crippen molar-refractivity contribution < 1.29 is 4.42 Å². The van der Waals surface area contributed by atoms with Crippen molar-refractivity contribution in [3.05, 3.63) is 87.8 Å². The molecule has 6 rings (SSSR count). The fourth-order valence-corrected chi connectivity index (χ4v) is 4.60. The van der Waals surface area contributed by atoms with Crippen LogP contribution in [0.5, 0.6) is 0 Å². The number of para-hydroxylation sites is 1. The Morgan fingerprint density at radius 1 is 0.862 bits per heavy atom. The minimum absolute atomic E-state index is 0.363. The Morgan fingerprint density at radius 2 is 1.69 bits per heavy atom. The number of rotatable bonds is 1. The van der Waals surface area contributed by atoms with Gasteiger partial charge in [-0.15, -0.1) is 0 Å². The first-order chi connectivity index (χ1) is 14.2. The van der Waals surface area contributed by atoms with Crippen LogP contribution in [0, 0.1) is 0 Å². The predicted octanol–water partition coefficient (Wildman–Crippen LogP) is 6.41. The van der Waals surface area contributed by atoms with Gasteiger partial charge in [-0.1, -0.05) is 58.4 Å². The third kappa shape index (κ3) is 2.31. The monoisotopic (exact) mass is 440 g/mol. The van der Waals surface area contributed by atoms with Crippen LogP contribution < -0.4 is 5.63 Å². The first-order valence-electron chi connectivity index (χ1n) is 9.22. The number of fused-ring (bicyclic) bond motifs is 6. The number of hydrogen-bond acceptors (Lipinski definition) is 3. The Hall–Kier alpha value is -3.44. The molecule has 6 aromatic rings. The second-order valence-corrected chi connectivity index (χ2v) is 7.84. The van der Waals surface area contributed by atoms with E-state index < -0.39 is 0 Å². The van der Waals surface area contributed by atoms with Crippen molar-refractivity contribution in [2.24, 2.45) is 0 Å². The highest BCUT2D eigenvalue weighted by Gasteiger charge is 2.19. The first-order valence-corrected chi connectivity index (χ1v) is 10.0. The molecule has 1 N–H and O–H groups in total. The molecule has 0 saturated heterocycles. The maximum Gasteiger partial charge on any atom is 0.346 e. The molecule has 0 amide bonds. The minimum Gasteiger partial charge on any atom is -0.422 e. The molecule has 3 aromatic heterocycles. The molecule has 5 heteroatoms. The standard InChI is InChI=1S/C24H13BrN2O2/c25-17-7-3-1-5-14(17)19-16-10-9-13-11-12-26-21(13)23(16)27-22-15-6-2-4-8-18(15)29-24(28)20(19)22/h1-12,27H. The van der Waals surface area contributed by atoms with Gasteiger partial charge >= 0.3 is 5.63 Å². The molecule has 3 heterocycles. The lowest BCUT2D eigenvalue weighted by Gasteiger charge is -2.14. The molecule has 0 atom stereocenters. The highest BCUT2D eigenvalue weighted by Crippen LogP contribution is 2.40. The zero-order chi connectivity index (χ0) is 19.5. The van der Waals surface area contributed by atoms with E-state index in [9.17, 15) is 4.79 Å². The highest BCUT2D eigenvalue weighted by atomic mass is 79.9. The van der Waals surface area contributed by atoms with Gasteiger partial charge in [-0.3, -0.25) is 4.98 Å². The molecule has 0 aliphatic carbocycles. The molecular formula is C24H13BrN2O2. The summed E-state index contributed by atoms with van der Waals surface area (Å²) in [4.78, 5) is 21.2. The summed E-state index contributed by atoms with van der Waals surface area (Å²) in [5, 5.41) is 3.38. The van der Waals surface area contributed by atoms with Crippen LogP contribution in [0.1, 0.15) is 0 Å². The van der Waals surface area contributed by atoms with E-state index in [4.69, 9.17) is 4.42 Å². The molecule has 0 unspecified atom stereocenters. The van der Waals surface area contributed by atoms with Crippen LogP contribution in [0.25, 0.3) is 54.8 Å². The summed E-state index contributed by atoms with van der Waals surface area (Å²) >= 11 is 3.66. The number of halogens is 1. The molecule has 0 bridgehead atoms. The summed E-state index contributed by atoms with van der Waals surface area (Å²) in [6.07, 6.45) is 1.80. The van der Waals surface area contributed by atoms with E-state index >= 15 is 0 Å². The van der Waals surface area contributed by atoms with Crippen molar-refractivity contribution in [1.29, 1.82) is 0 Å². The fraction of sp³-hybridized carbons (Fsp3) is 0. The molecule has 0 aliphatic heterocycles. The van der Waals surface area contributed by atoms with Gasteiger partial charge in [-0.05, 0) is 29.8 Å². The number of H-pyrrole nitrogens is 1. The number of aromatic nitrogens is 2. The zero-order valence-corrected chi connectivity index (χ0v) is 16.7. The van der Waals surface area contributed by atoms with Crippen molar-refractivity contribution in [3.63, 3.8) is 0 Å². The van der Waals surface area contributed by atoms with Gasteiger partial charge in [0, 0.05) is 32.4 Å². The van der Waals surface area contributed by atoms with E-state index in [2.05, 4.69) is 25.9 Å². The summed E-state index contributed by atoms with van der Waals surface area (Å²) in [6, 6.07) is 21.6. The summed E-state index contributed by atoms with van der Waals surface area (Å²) in [7, 11) is 0. The Labute approximate surface area is 172 Å². The Morgan fingerprint density at radius 3 is 2.59 bits per heavy atom. The van der Waals surface area contributed by atoms with Crippen LogP contribution in [0.15, 0.2) is 86.6 Å². The average molecular weight is 441 g/mol. The van der Waals surface area contributed by atoms with Gasteiger partial charge < -0.3 is 9.40 Å². The molecule has 4 nitrogen and oxygen atoms in total. The molecule has 0 aliphatic rings. The fourth-order valence-electron chi connectivity index (χ4n) is 4.12. The summed E-state index contributed by atoms with van der Waals surface area (Å²) in [5.41, 5.74) is 4.51. The molecule has 0 spiro atoms. The van der Waals surface area contributed by atoms with Gasteiger partial charge in [0.05, 0.1) is 21.9 Å². The van der Waals surface area contributed by atoms with Crippen LogP contribution in [0.4, 0.5) is 0 Å². The van der Waals surface area contributed by atoms with Crippen LogP contribution in [-0.4, -0.2) is 9.97 Å². The smallest absolute Gasteiger partial charge is 0.346 e. The molecule has 29 heavy (non-hydrogen) atoms. The van der Waals surface area contributed by atoms with E-state index in [1.807, 2.05) is 66.7 Å². The molecule has 3 aromatic carbocycles. The minimum atomic E-state index is -0.363. The van der Waals surface area contributed by atoms with Gasteiger partial charge in [-0.2, -0.15) is 0 Å². The summed E-state index contributed by atoms with van der Waals surface area (Å²) in [6.45, 7) is 0. The second kappa shape index (κ2) is 6.03. The van der Waals surface area contributed by atoms with Crippen molar-refractivity contribution in [2.75, 3.05) is 0 Å². The maximum atomic E-state index is 13.1. The molecule has 138 valence electrons. The van der Waals surface area contributed by atoms with Gasteiger partial charge in [0.2, 0.25) is 0 Å². The number of hydrogen-bond donors (Lipinski definition) is 1. The van der Waals surface area contributed by atoms with Crippen molar-refractivity contribution >= 4 is 59.6 Å². The normalized spacial score (nSPS) is 11.8. The summed E-state index contributed by atoms with van der Waals surface area (Å²) < 4.78 is 6.61. The molecular weight excluding hydrogens is 428 g/mol. The van der Waals surface area contributed by atoms with Gasteiger partial charge in [0.15, 0.2) is 0 Å². The number of benzene rings is 3. The van der Waals surface area contributed by atoms with Crippen LogP contribution in [-0.2, 0) is 0 Å². The Kier molecular flexibility index (Phi) is 3.43. The Bertz CT molecular complexity index is 1650. The van der Waals surface area contributed by atoms with E-state index in [0.29, 0.717) is 11.0 Å². The van der Waals surface area contributed by atoms with Crippen LogP contribution in [0.2, 0.25) is 0 Å². The average Bonchev–Trinajstić information content (AvgIpc) is 3.22. The van der Waals surface area contributed by atoms with Crippen molar-refractivity contribution in [2.45, 2.75) is 0 Å². The van der Waals surface area contributed by atoms with Gasteiger partial charge in [0.25, 0.3) is 0 Å². The molecule has 0 radical (unpaired) electrons. The van der Waals surface area contributed by atoms with Crippen LogP contribution in [0.3, 0.4) is 0 Å². The van der Waals surface area contributed by atoms with E-state index in [0.717, 1.165) is 48.3 Å². The lowest BCUT2D eigenvalue weighted by Crippen LogP contribution is -2.04. The number of pyridine rings is 1. The quantitative estimate of drug-likeness (QED) is 0.182.